The van der Waals surface area contributed by atoms with Crippen LogP contribution < -0.4 is 5.73 Å². The maximum atomic E-state index is 12.1. The Morgan fingerprint density at radius 1 is 1.19 bits per heavy atom. The lowest BCUT2D eigenvalue weighted by Crippen LogP contribution is -2.49. The summed E-state index contributed by atoms with van der Waals surface area (Å²) in [5.74, 6) is -0.718. The molecule has 0 saturated heterocycles. The normalized spacial score (nSPS) is 41.9. The molecule has 0 aromatic rings. The van der Waals surface area contributed by atoms with Crippen molar-refractivity contribution in [1.29, 1.82) is 0 Å². The van der Waals surface area contributed by atoms with Crippen LogP contribution in [0.1, 0.15) is 13.8 Å². The Labute approximate surface area is 95.4 Å². The van der Waals surface area contributed by atoms with E-state index in [2.05, 4.69) is 12.2 Å². The van der Waals surface area contributed by atoms with Gasteiger partial charge in [-0.3, -0.25) is 9.59 Å². The molecule has 3 nitrogen and oxygen atoms in total. The number of rotatable bonds is 1. The lowest BCUT2D eigenvalue weighted by atomic mass is 9.61. The Morgan fingerprint density at radius 3 is 2.31 bits per heavy atom. The van der Waals surface area contributed by atoms with Gasteiger partial charge in [-0.25, -0.2) is 0 Å². The Morgan fingerprint density at radius 2 is 1.75 bits per heavy atom. The van der Waals surface area contributed by atoms with Gasteiger partial charge in [-0.2, -0.15) is 0 Å². The zero-order chi connectivity index (χ0) is 11.9. The molecule has 0 spiro atoms. The minimum atomic E-state index is -0.618. The first-order valence-corrected chi connectivity index (χ1v) is 5.72. The molecule has 2 N–H and O–H groups in total. The third-order valence-corrected chi connectivity index (χ3v) is 3.99. The van der Waals surface area contributed by atoms with Gasteiger partial charge in [-0.15, -0.1) is 0 Å². The number of ketones is 1. The molecule has 5 atom stereocenters. The SMILES string of the molecule is CC1C(=O)C(C(N)=O)C(C)C2C=CC=CC12. The van der Waals surface area contributed by atoms with Crippen molar-refractivity contribution in [3.05, 3.63) is 24.3 Å². The minimum Gasteiger partial charge on any atom is -0.369 e. The number of fused-ring (bicyclic) bond motifs is 1. The van der Waals surface area contributed by atoms with Crippen molar-refractivity contribution in [2.75, 3.05) is 0 Å². The second kappa shape index (κ2) is 3.89. The number of Topliss-reactive ketones (excluding diaryl/α,β-unsaturated/α-hetero) is 1. The van der Waals surface area contributed by atoms with Gasteiger partial charge in [0.2, 0.25) is 5.91 Å². The van der Waals surface area contributed by atoms with E-state index in [-0.39, 0.29) is 29.5 Å². The van der Waals surface area contributed by atoms with Crippen LogP contribution in [0.5, 0.6) is 0 Å². The van der Waals surface area contributed by atoms with Crippen LogP contribution in [0, 0.1) is 29.6 Å². The molecule has 2 aliphatic rings. The van der Waals surface area contributed by atoms with Crippen LogP contribution >= 0.6 is 0 Å². The number of primary amides is 1. The summed E-state index contributed by atoms with van der Waals surface area (Å²) in [6.07, 6.45) is 8.12. The number of amides is 1. The average Bonchev–Trinajstić information content (AvgIpc) is 2.26. The van der Waals surface area contributed by atoms with Gasteiger partial charge in [0, 0.05) is 5.92 Å². The molecule has 3 heteroatoms. The molecule has 1 amide bonds. The van der Waals surface area contributed by atoms with E-state index >= 15 is 0 Å². The molecule has 2 rings (SSSR count). The van der Waals surface area contributed by atoms with Crippen LogP contribution in [0.4, 0.5) is 0 Å². The van der Waals surface area contributed by atoms with Gasteiger partial charge in [-0.05, 0) is 17.8 Å². The smallest absolute Gasteiger partial charge is 0.228 e. The summed E-state index contributed by atoms with van der Waals surface area (Å²) in [7, 11) is 0. The molecule has 0 aromatic carbocycles. The largest absolute Gasteiger partial charge is 0.369 e. The average molecular weight is 219 g/mol. The molecule has 1 fully saturated rings. The summed E-state index contributed by atoms with van der Waals surface area (Å²) in [5.41, 5.74) is 5.33. The summed E-state index contributed by atoms with van der Waals surface area (Å²) in [6, 6.07) is 0. The van der Waals surface area contributed by atoms with Gasteiger partial charge in [0.05, 0.1) is 5.92 Å². The summed E-state index contributed by atoms with van der Waals surface area (Å²) >= 11 is 0. The van der Waals surface area contributed by atoms with Crippen LogP contribution in [0.15, 0.2) is 24.3 Å². The molecular weight excluding hydrogens is 202 g/mol. The molecule has 0 bridgehead atoms. The first-order valence-electron chi connectivity index (χ1n) is 5.72. The van der Waals surface area contributed by atoms with E-state index in [1.807, 2.05) is 26.0 Å². The summed E-state index contributed by atoms with van der Waals surface area (Å²) in [6.45, 7) is 3.84. The predicted octanol–water partition coefficient (Wildman–Crippen LogP) is 1.30. The van der Waals surface area contributed by atoms with Crippen molar-refractivity contribution < 1.29 is 9.59 Å². The van der Waals surface area contributed by atoms with E-state index in [0.717, 1.165) is 0 Å². The highest BCUT2D eigenvalue weighted by molar-refractivity contribution is 6.02. The van der Waals surface area contributed by atoms with Crippen molar-refractivity contribution in [2.45, 2.75) is 13.8 Å². The van der Waals surface area contributed by atoms with E-state index in [0.29, 0.717) is 0 Å². The van der Waals surface area contributed by atoms with Crippen LogP contribution in [0.25, 0.3) is 0 Å². The van der Waals surface area contributed by atoms with E-state index in [1.165, 1.54) is 0 Å². The Balaban J connectivity index is 2.36. The second-order valence-corrected chi connectivity index (χ2v) is 4.85. The highest BCUT2D eigenvalue weighted by Crippen LogP contribution is 2.42. The Kier molecular flexibility index (Phi) is 2.70. The van der Waals surface area contributed by atoms with Gasteiger partial charge in [0.25, 0.3) is 0 Å². The second-order valence-electron chi connectivity index (χ2n) is 4.85. The van der Waals surface area contributed by atoms with Crippen molar-refractivity contribution in [2.24, 2.45) is 35.3 Å². The van der Waals surface area contributed by atoms with E-state index < -0.39 is 11.8 Å². The molecule has 16 heavy (non-hydrogen) atoms. The maximum absolute atomic E-state index is 12.1. The van der Waals surface area contributed by atoms with Crippen LogP contribution in [0.2, 0.25) is 0 Å². The molecule has 0 heterocycles. The first kappa shape index (κ1) is 11.1. The quantitative estimate of drug-likeness (QED) is 0.676. The van der Waals surface area contributed by atoms with Gasteiger partial charge in [0.15, 0.2) is 0 Å². The lowest BCUT2D eigenvalue weighted by molar-refractivity contribution is -0.142. The summed E-state index contributed by atoms with van der Waals surface area (Å²) in [4.78, 5) is 23.4. The Hall–Kier alpha value is -1.38. The predicted molar refractivity (Wildman–Crippen MR) is 61.3 cm³/mol. The van der Waals surface area contributed by atoms with Gasteiger partial charge >= 0.3 is 0 Å². The molecule has 5 unspecified atom stereocenters. The number of allylic oxidation sites excluding steroid dienone is 4. The van der Waals surface area contributed by atoms with Crippen molar-refractivity contribution >= 4 is 11.7 Å². The van der Waals surface area contributed by atoms with Crippen LogP contribution in [-0.4, -0.2) is 11.7 Å². The molecule has 1 saturated carbocycles. The van der Waals surface area contributed by atoms with Gasteiger partial charge < -0.3 is 5.73 Å². The van der Waals surface area contributed by atoms with Gasteiger partial charge in [-0.1, -0.05) is 38.2 Å². The van der Waals surface area contributed by atoms with Gasteiger partial charge in [0.1, 0.15) is 5.78 Å². The van der Waals surface area contributed by atoms with Crippen molar-refractivity contribution in [3.8, 4) is 0 Å². The number of carbonyl (C=O) groups excluding carboxylic acids is 2. The topological polar surface area (TPSA) is 60.2 Å². The number of carbonyl (C=O) groups is 2. The van der Waals surface area contributed by atoms with Crippen LogP contribution in [-0.2, 0) is 9.59 Å². The number of nitrogens with two attached hydrogens (primary N) is 1. The van der Waals surface area contributed by atoms with Crippen molar-refractivity contribution in [3.63, 3.8) is 0 Å². The van der Waals surface area contributed by atoms with E-state index in [9.17, 15) is 9.59 Å². The molecule has 0 radical (unpaired) electrons. The van der Waals surface area contributed by atoms with Crippen molar-refractivity contribution in [1.82, 2.24) is 0 Å². The first-order chi connectivity index (χ1) is 7.54. The standard InChI is InChI=1S/C13H17NO2/c1-7-9-5-3-4-6-10(9)8(2)12(15)11(7)13(14)16/h3-11H,1-2H3,(H2,14,16). The van der Waals surface area contributed by atoms with E-state index in [4.69, 9.17) is 5.73 Å². The third kappa shape index (κ3) is 1.51. The maximum Gasteiger partial charge on any atom is 0.228 e. The zero-order valence-electron chi connectivity index (χ0n) is 9.59. The third-order valence-electron chi connectivity index (χ3n) is 3.99. The summed E-state index contributed by atoms with van der Waals surface area (Å²) < 4.78 is 0. The fourth-order valence-corrected chi connectivity index (χ4v) is 3.02. The molecule has 0 aliphatic heterocycles. The fourth-order valence-electron chi connectivity index (χ4n) is 3.02. The summed E-state index contributed by atoms with van der Waals surface area (Å²) in [5, 5.41) is 0. The molecule has 2 aliphatic carbocycles. The molecular formula is C13H17NO2. The molecule has 86 valence electrons. The fraction of sp³-hybridized carbons (Fsp3) is 0.538. The zero-order valence-corrected chi connectivity index (χ0v) is 9.59. The highest BCUT2D eigenvalue weighted by Gasteiger charge is 2.47. The molecule has 0 aromatic heterocycles. The monoisotopic (exact) mass is 219 g/mol. The number of hydrogen-bond acceptors (Lipinski definition) is 2. The van der Waals surface area contributed by atoms with Crippen LogP contribution in [0.3, 0.4) is 0 Å². The number of hydrogen-bond donors (Lipinski definition) is 1. The lowest BCUT2D eigenvalue weighted by Gasteiger charge is -2.41. The minimum absolute atomic E-state index is 0.00111. The Bertz CT molecular complexity index is 383. The highest BCUT2D eigenvalue weighted by atomic mass is 16.2. The van der Waals surface area contributed by atoms with E-state index in [1.54, 1.807) is 0 Å².